The molecule has 0 spiro atoms. The van der Waals surface area contributed by atoms with Crippen LogP contribution < -0.4 is 5.56 Å². The molecule has 34 heavy (non-hydrogen) atoms. The van der Waals surface area contributed by atoms with E-state index in [4.69, 9.17) is 12.2 Å². The number of nitrogens with zero attached hydrogens (tertiary/aromatic N) is 3. The number of unbranched alkanes of at least 4 members (excludes halogenated alkanes) is 2. The number of fused-ring (bicyclic) bond motifs is 1. The summed E-state index contributed by atoms with van der Waals surface area (Å²) in [5, 5.41) is 0.642. The number of aromatic amines is 1. The lowest BCUT2D eigenvalue weighted by Gasteiger charge is -2.37. The Kier molecular flexibility index (Phi) is 8.19. The van der Waals surface area contributed by atoms with Crippen LogP contribution in [0.1, 0.15) is 58.3 Å². The molecular formula is C26H36N4O3S. The fourth-order valence-electron chi connectivity index (χ4n) is 5.31. The molecule has 0 saturated carbocycles. The molecule has 4 rings (SSSR count). The SMILES string of the molecule is CC1CCCN(C(=O)C2CCN(C(=O)CCCCCn3c(=S)[nH]c4ccccc4c3=O)CC2)C1. The lowest BCUT2D eigenvalue weighted by atomic mass is 9.92. The first kappa shape index (κ1) is 24.6. The number of rotatable bonds is 7. The second-order valence-electron chi connectivity index (χ2n) is 9.93. The summed E-state index contributed by atoms with van der Waals surface area (Å²) in [7, 11) is 0. The Labute approximate surface area is 206 Å². The van der Waals surface area contributed by atoms with Gasteiger partial charge >= 0.3 is 0 Å². The molecule has 2 aliphatic heterocycles. The predicted molar refractivity (Wildman–Crippen MR) is 136 cm³/mol. The largest absolute Gasteiger partial charge is 0.343 e. The van der Waals surface area contributed by atoms with Crippen molar-refractivity contribution in [2.24, 2.45) is 11.8 Å². The molecule has 0 aliphatic carbocycles. The number of hydrogen-bond acceptors (Lipinski definition) is 4. The molecule has 0 radical (unpaired) electrons. The molecule has 8 heteroatoms. The summed E-state index contributed by atoms with van der Waals surface area (Å²) < 4.78 is 2.06. The van der Waals surface area contributed by atoms with Crippen LogP contribution in [0.2, 0.25) is 0 Å². The van der Waals surface area contributed by atoms with E-state index in [1.54, 1.807) is 4.57 Å². The third-order valence-corrected chi connectivity index (χ3v) is 7.65. The van der Waals surface area contributed by atoms with Gasteiger partial charge in [-0.3, -0.25) is 19.0 Å². The minimum absolute atomic E-state index is 0.0631. The lowest BCUT2D eigenvalue weighted by molar-refractivity contribution is -0.142. The first-order chi connectivity index (χ1) is 16.4. The van der Waals surface area contributed by atoms with E-state index >= 15 is 0 Å². The average Bonchev–Trinajstić information content (AvgIpc) is 2.85. The zero-order chi connectivity index (χ0) is 24.1. The third kappa shape index (κ3) is 5.77. The number of benzene rings is 1. The van der Waals surface area contributed by atoms with E-state index in [1.807, 2.05) is 34.1 Å². The van der Waals surface area contributed by atoms with Crippen molar-refractivity contribution in [2.75, 3.05) is 26.2 Å². The highest BCUT2D eigenvalue weighted by atomic mass is 32.1. The molecule has 0 bridgehead atoms. The number of piperidine rings is 2. The molecule has 1 aromatic heterocycles. The van der Waals surface area contributed by atoms with Crippen molar-refractivity contribution in [3.63, 3.8) is 0 Å². The van der Waals surface area contributed by atoms with Gasteiger partial charge in [-0.05, 0) is 68.8 Å². The average molecular weight is 485 g/mol. The minimum atomic E-state index is -0.0631. The number of H-pyrrole nitrogens is 1. The Morgan fingerprint density at radius 2 is 1.79 bits per heavy atom. The molecule has 2 fully saturated rings. The van der Waals surface area contributed by atoms with E-state index in [0.717, 1.165) is 57.1 Å². The number of carbonyl (C=O) groups is 2. The van der Waals surface area contributed by atoms with Crippen LogP contribution >= 0.6 is 12.2 Å². The Balaban J connectivity index is 1.18. The summed E-state index contributed by atoms with van der Waals surface area (Å²) in [6.45, 7) is 5.90. The maximum atomic E-state index is 12.8. The van der Waals surface area contributed by atoms with E-state index in [9.17, 15) is 14.4 Å². The van der Waals surface area contributed by atoms with Crippen molar-refractivity contribution in [1.29, 1.82) is 0 Å². The molecule has 2 amide bonds. The molecule has 184 valence electrons. The van der Waals surface area contributed by atoms with Crippen molar-refractivity contribution >= 4 is 34.9 Å². The summed E-state index contributed by atoms with van der Waals surface area (Å²) >= 11 is 5.37. The van der Waals surface area contributed by atoms with Crippen molar-refractivity contribution in [2.45, 2.75) is 64.8 Å². The van der Waals surface area contributed by atoms with Gasteiger partial charge in [-0.2, -0.15) is 0 Å². The van der Waals surface area contributed by atoms with E-state index in [1.165, 1.54) is 6.42 Å². The Hall–Kier alpha value is -2.48. The molecular weight excluding hydrogens is 448 g/mol. The van der Waals surface area contributed by atoms with E-state index in [-0.39, 0.29) is 17.4 Å². The second-order valence-corrected chi connectivity index (χ2v) is 10.3. The molecule has 1 atom stereocenters. The van der Waals surface area contributed by atoms with E-state index < -0.39 is 0 Å². The highest BCUT2D eigenvalue weighted by molar-refractivity contribution is 7.71. The molecule has 2 aliphatic rings. The number of nitrogens with one attached hydrogen (secondary N) is 1. The summed E-state index contributed by atoms with van der Waals surface area (Å²) in [5.74, 6) is 1.13. The molecule has 1 N–H and O–H groups in total. The van der Waals surface area contributed by atoms with Gasteiger partial charge in [0, 0.05) is 45.1 Å². The topological polar surface area (TPSA) is 78.4 Å². The summed E-state index contributed by atoms with van der Waals surface area (Å²) in [6, 6.07) is 7.39. The number of amides is 2. The highest BCUT2D eigenvalue weighted by Crippen LogP contribution is 2.24. The molecule has 3 heterocycles. The Morgan fingerprint density at radius 3 is 2.56 bits per heavy atom. The fourth-order valence-corrected chi connectivity index (χ4v) is 5.59. The van der Waals surface area contributed by atoms with Gasteiger partial charge in [0.2, 0.25) is 11.8 Å². The quantitative estimate of drug-likeness (QED) is 0.474. The molecule has 2 saturated heterocycles. The molecule has 2 aromatic rings. The molecule has 7 nitrogen and oxygen atoms in total. The lowest BCUT2D eigenvalue weighted by Crippen LogP contribution is -2.46. The number of hydrogen-bond donors (Lipinski definition) is 1. The van der Waals surface area contributed by atoms with Crippen LogP contribution in [-0.4, -0.2) is 57.3 Å². The Bertz CT molecular complexity index is 1130. The maximum Gasteiger partial charge on any atom is 0.262 e. The van der Waals surface area contributed by atoms with Crippen molar-refractivity contribution in [3.05, 3.63) is 39.4 Å². The number of para-hydroxylation sites is 1. The zero-order valence-electron chi connectivity index (χ0n) is 20.1. The highest BCUT2D eigenvalue weighted by Gasteiger charge is 2.31. The first-order valence-corrected chi connectivity index (χ1v) is 13.1. The van der Waals surface area contributed by atoms with Crippen LogP contribution in [0.25, 0.3) is 10.9 Å². The van der Waals surface area contributed by atoms with Crippen LogP contribution in [0.15, 0.2) is 29.1 Å². The van der Waals surface area contributed by atoms with Gasteiger partial charge in [-0.25, -0.2) is 0 Å². The van der Waals surface area contributed by atoms with Crippen LogP contribution in [0.5, 0.6) is 0 Å². The summed E-state index contributed by atoms with van der Waals surface area (Å²) in [6.07, 6.45) is 6.84. The summed E-state index contributed by atoms with van der Waals surface area (Å²) in [4.78, 5) is 45.3. The van der Waals surface area contributed by atoms with Gasteiger partial charge in [0.1, 0.15) is 0 Å². The first-order valence-electron chi connectivity index (χ1n) is 12.7. The smallest absolute Gasteiger partial charge is 0.262 e. The maximum absolute atomic E-state index is 12.8. The normalized spacial score (nSPS) is 19.5. The zero-order valence-corrected chi connectivity index (χ0v) is 20.9. The number of aromatic nitrogens is 2. The number of carbonyl (C=O) groups excluding carboxylic acids is 2. The van der Waals surface area contributed by atoms with E-state index in [2.05, 4.69) is 11.9 Å². The van der Waals surface area contributed by atoms with Crippen LogP contribution in [0.3, 0.4) is 0 Å². The fraction of sp³-hybridized carbons (Fsp3) is 0.615. The van der Waals surface area contributed by atoms with Gasteiger partial charge in [-0.15, -0.1) is 0 Å². The van der Waals surface area contributed by atoms with Gasteiger partial charge in [0.25, 0.3) is 5.56 Å². The summed E-state index contributed by atoms with van der Waals surface area (Å²) in [5.41, 5.74) is 0.696. The van der Waals surface area contributed by atoms with Gasteiger partial charge < -0.3 is 14.8 Å². The number of likely N-dealkylation sites (tertiary alicyclic amines) is 2. The van der Waals surface area contributed by atoms with Gasteiger partial charge in [0.05, 0.1) is 10.9 Å². The molecule has 1 aromatic carbocycles. The monoisotopic (exact) mass is 484 g/mol. The second kappa shape index (κ2) is 11.3. The Morgan fingerprint density at radius 1 is 1.03 bits per heavy atom. The van der Waals surface area contributed by atoms with Gasteiger partial charge in [0.15, 0.2) is 4.77 Å². The van der Waals surface area contributed by atoms with Crippen molar-refractivity contribution in [1.82, 2.24) is 19.4 Å². The van der Waals surface area contributed by atoms with Crippen LogP contribution in [0, 0.1) is 16.6 Å². The van der Waals surface area contributed by atoms with Gasteiger partial charge in [-0.1, -0.05) is 25.5 Å². The van der Waals surface area contributed by atoms with Crippen molar-refractivity contribution in [3.8, 4) is 0 Å². The van der Waals surface area contributed by atoms with E-state index in [0.29, 0.717) is 48.0 Å². The van der Waals surface area contributed by atoms with Crippen molar-refractivity contribution < 1.29 is 9.59 Å². The molecule has 1 unspecified atom stereocenters. The minimum Gasteiger partial charge on any atom is -0.343 e. The van der Waals surface area contributed by atoms with Crippen LogP contribution in [0.4, 0.5) is 0 Å². The predicted octanol–water partition coefficient (Wildman–Crippen LogP) is 4.12. The standard InChI is InChI=1S/C26H36N4O3S/c1-19-8-7-14-29(18-19)24(32)20-12-16-28(17-13-20)23(31)11-3-2-6-15-30-25(33)21-9-4-5-10-22(21)27-26(30)34/h4-5,9-10,19-20H,2-3,6-8,11-18H2,1H3,(H,27,34). The van der Waals surface area contributed by atoms with Crippen LogP contribution in [-0.2, 0) is 16.1 Å². The third-order valence-electron chi connectivity index (χ3n) is 7.33.